The molecule has 7 atom stereocenters. The van der Waals surface area contributed by atoms with Crippen molar-refractivity contribution >= 4 is 34.4 Å². The number of allylic oxidation sites excluding steroid dienone is 1. The fourth-order valence-corrected chi connectivity index (χ4v) is 9.61. The minimum absolute atomic E-state index is 0.0170. The third kappa shape index (κ3) is 5.26. The molecule has 0 radical (unpaired) electrons. The number of ketones is 2. The van der Waals surface area contributed by atoms with E-state index in [2.05, 4.69) is 20.8 Å². The highest BCUT2D eigenvalue weighted by Crippen LogP contribution is 2.68. The number of hydrogen-bond donors (Lipinski definition) is 0. The van der Waals surface area contributed by atoms with Crippen LogP contribution in [-0.2, 0) is 23.9 Å². The zero-order valence-electron chi connectivity index (χ0n) is 22.6. The van der Waals surface area contributed by atoms with Gasteiger partial charge < -0.3 is 4.74 Å². The Morgan fingerprint density at radius 3 is 2.56 bits per heavy atom. The summed E-state index contributed by atoms with van der Waals surface area (Å²) >= 11 is 1.45. The quantitative estimate of drug-likeness (QED) is 0.258. The van der Waals surface area contributed by atoms with Crippen LogP contribution in [0.1, 0.15) is 105 Å². The van der Waals surface area contributed by atoms with E-state index in [1.807, 2.05) is 6.08 Å². The molecule has 0 bridgehead atoms. The fourth-order valence-electron chi connectivity index (χ4n) is 8.38. The summed E-state index contributed by atoms with van der Waals surface area (Å²) in [7, 11) is 0. The van der Waals surface area contributed by atoms with Crippen LogP contribution < -0.4 is 0 Å². The summed E-state index contributed by atoms with van der Waals surface area (Å²) in [6.45, 7) is 8.31. The summed E-state index contributed by atoms with van der Waals surface area (Å²) in [6.07, 6.45) is 12.5. The zero-order valence-corrected chi connectivity index (χ0v) is 23.4. The summed E-state index contributed by atoms with van der Waals surface area (Å²) in [5.74, 6) is 1.13. The summed E-state index contributed by atoms with van der Waals surface area (Å²) in [4.78, 5) is 50.1. The number of Topliss-reactive ketones (excluding diaryl/α,β-unsaturated/α-hetero) is 1. The molecule has 3 fully saturated rings. The standard InChI is InChI=1S/C30H44O5S/c1-5-6-7-8-9-27(34)35-18-25(33)22-10-11-23-28-24(13-15-30(22,23)4)29(3)14-12-21(32)16-20(29)17-26(28)36-19(2)31/h16,22-24,26,28H,5-15,17-18H2,1-4H3/t22-,23+,24+,26-,28+,29+,30-/m1/s1. The normalized spacial score (nSPS) is 37.4. The second-order valence-electron chi connectivity index (χ2n) is 12.3. The van der Waals surface area contributed by atoms with Crippen molar-refractivity contribution in [3.63, 3.8) is 0 Å². The fraction of sp³-hybridized carbons (Fsp3) is 0.800. The molecule has 200 valence electrons. The van der Waals surface area contributed by atoms with Gasteiger partial charge in [-0.25, -0.2) is 0 Å². The maximum atomic E-state index is 13.3. The lowest BCUT2D eigenvalue weighted by atomic mass is 9.46. The Morgan fingerprint density at radius 2 is 1.83 bits per heavy atom. The summed E-state index contributed by atoms with van der Waals surface area (Å²) in [5.41, 5.74) is 1.14. The summed E-state index contributed by atoms with van der Waals surface area (Å²) in [6, 6.07) is 0. The Balaban J connectivity index is 1.48. The number of fused-ring (bicyclic) bond motifs is 5. The third-order valence-corrected chi connectivity index (χ3v) is 11.4. The Labute approximate surface area is 220 Å². The lowest BCUT2D eigenvalue weighted by molar-refractivity contribution is -0.151. The van der Waals surface area contributed by atoms with Crippen LogP contribution >= 0.6 is 11.8 Å². The van der Waals surface area contributed by atoms with Gasteiger partial charge in [0.25, 0.3) is 0 Å². The predicted molar refractivity (Wildman–Crippen MR) is 142 cm³/mol. The van der Waals surface area contributed by atoms with Crippen molar-refractivity contribution in [1.82, 2.24) is 0 Å². The maximum Gasteiger partial charge on any atom is 0.306 e. The third-order valence-electron chi connectivity index (χ3n) is 10.3. The molecule has 0 spiro atoms. The van der Waals surface area contributed by atoms with Crippen LogP contribution in [0, 0.1) is 34.5 Å². The van der Waals surface area contributed by atoms with E-state index in [0.29, 0.717) is 30.6 Å². The van der Waals surface area contributed by atoms with E-state index in [9.17, 15) is 19.2 Å². The smallest absolute Gasteiger partial charge is 0.306 e. The minimum atomic E-state index is -0.257. The molecule has 4 rings (SSSR count). The van der Waals surface area contributed by atoms with E-state index in [1.165, 1.54) is 17.3 Å². The summed E-state index contributed by atoms with van der Waals surface area (Å²) in [5, 5.41) is 0.297. The number of esters is 1. The van der Waals surface area contributed by atoms with Gasteiger partial charge >= 0.3 is 5.97 Å². The van der Waals surface area contributed by atoms with Gasteiger partial charge in [-0.15, -0.1) is 0 Å². The molecule has 4 aliphatic carbocycles. The van der Waals surface area contributed by atoms with Gasteiger partial charge in [-0.2, -0.15) is 0 Å². The Bertz CT molecular complexity index is 924. The van der Waals surface area contributed by atoms with Gasteiger partial charge in [0.2, 0.25) is 0 Å². The largest absolute Gasteiger partial charge is 0.458 e. The van der Waals surface area contributed by atoms with Crippen LogP contribution in [-0.4, -0.2) is 34.5 Å². The molecule has 0 aliphatic heterocycles. The predicted octanol–water partition coefficient (Wildman–Crippen LogP) is 6.48. The number of carbonyl (C=O) groups excluding carboxylic acids is 4. The van der Waals surface area contributed by atoms with Crippen LogP contribution in [0.3, 0.4) is 0 Å². The van der Waals surface area contributed by atoms with E-state index < -0.39 is 0 Å². The Kier molecular flexibility index (Phi) is 8.53. The van der Waals surface area contributed by atoms with Crippen LogP contribution in [0.5, 0.6) is 0 Å². The van der Waals surface area contributed by atoms with Gasteiger partial charge in [0.1, 0.15) is 6.61 Å². The monoisotopic (exact) mass is 516 g/mol. The van der Waals surface area contributed by atoms with Crippen molar-refractivity contribution in [2.75, 3.05) is 6.61 Å². The van der Waals surface area contributed by atoms with Crippen LogP contribution in [0.15, 0.2) is 11.6 Å². The van der Waals surface area contributed by atoms with Crippen molar-refractivity contribution in [3.05, 3.63) is 11.6 Å². The van der Waals surface area contributed by atoms with Crippen molar-refractivity contribution in [3.8, 4) is 0 Å². The topological polar surface area (TPSA) is 77.5 Å². The second-order valence-corrected chi connectivity index (χ2v) is 13.7. The van der Waals surface area contributed by atoms with Gasteiger partial charge in [-0.05, 0) is 79.6 Å². The first-order chi connectivity index (χ1) is 17.1. The SMILES string of the molecule is CCCCCCC(=O)OCC(=O)[C@H]1CC[C@H]2[C@@H]3[C@H](SC(C)=O)CC4=CC(=O)CC[C@]4(C)[C@H]3CC[C@]12C. The molecule has 4 aliphatic rings. The molecule has 0 heterocycles. The highest BCUT2D eigenvalue weighted by molar-refractivity contribution is 8.14. The first-order valence-corrected chi connectivity index (χ1v) is 15.1. The molecule has 0 N–H and O–H groups in total. The Hall–Kier alpha value is -1.43. The van der Waals surface area contributed by atoms with Crippen molar-refractivity contribution < 1.29 is 23.9 Å². The Morgan fingerprint density at radius 1 is 1.06 bits per heavy atom. The molecule has 36 heavy (non-hydrogen) atoms. The molecular formula is C30H44O5S. The van der Waals surface area contributed by atoms with E-state index in [4.69, 9.17) is 4.74 Å². The lowest BCUT2D eigenvalue weighted by Gasteiger charge is -2.60. The second kappa shape index (κ2) is 11.1. The number of hydrogen-bond acceptors (Lipinski definition) is 6. The molecule has 0 aromatic heterocycles. The van der Waals surface area contributed by atoms with Crippen LogP contribution in [0.4, 0.5) is 0 Å². The zero-order chi connectivity index (χ0) is 26.1. The van der Waals surface area contributed by atoms with Gasteiger partial charge in [-0.3, -0.25) is 19.2 Å². The summed E-state index contributed by atoms with van der Waals surface area (Å²) < 4.78 is 5.42. The molecule has 0 aromatic rings. The minimum Gasteiger partial charge on any atom is -0.458 e. The van der Waals surface area contributed by atoms with Crippen molar-refractivity contribution in [2.24, 2.45) is 34.5 Å². The first kappa shape index (κ1) is 27.6. The molecule has 0 saturated heterocycles. The lowest BCUT2D eigenvalue weighted by Crippen LogP contribution is -2.55. The number of thioether (sulfide) groups is 1. The number of ether oxygens (including phenoxy) is 1. The molecule has 0 amide bonds. The van der Waals surface area contributed by atoms with E-state index in [-0.39, 0.29) is 51.3 Å². The average Bonchev–Trinajstić information content (AvgIpc) is 3.18. The number of unbranched alkanes of at least 4 members (excludes halogenated alkanes) is 3. The molecule has 0 aromatic carbocycles. The van der Waals surface area contributed by atoms with E-state index in [0.717, 1.165) is 64.2 Å². The van der Waals surface area contributed by atoms with E-state index >= 15 is 0 Å². The average molecular weight is 517 g/mol. The van der Waals surface area contributed by atoms with Crippen molar-refractivity contribution in [1.29, 1.82) is 0 Å². The van der Waals surface area contributed by atoms with Gasteiger partial charge in [0.05, 0.1) is 0 Å². The highest BCUT2D eigenvalue weighted by atomic mass is 32.2. The van der Waals surface area contributed by atoms with Crippen LogP contribution in [0.2, 0.25) is 0 Å². The molecular weight excluding hydrogens is 472 g/mol. The highest BCUT2D eigenvalue weighted by Gasteiger charge is 2.62. The molecule has 3 saturated carbocycles. The van der Waals surface area contributed by atoms with Gasteiger partial charge in [-0.1, -0.05) is 57.4 Å². The van der Waals surface area contributed by atoms with Gasteiger partial charge in [0, 0.05) is 30.9 Å². The maximum absolute atomic E-state index is 13.3. The number of rotatable bonds is 9. The van der Waals surface area contributed by atoms with Crippen LogP contribution in [0.25, 0.3) is 0 Å². The molecule has 0 unspecified atom stereocenters. The molecule has 5 nitrogen and oxygen atoms in total. The van der Waals surface area contributed by atoms with Gasteiger partial charge in [0.15, 0.2) is 16.7 Å². The first-order valence-electron chi connectivity index (χ1n) is 14.2. The van der Waals surface area contributed by atoms with E-state index in [1.54, 1.807) is 6.92 Å². The molecule has 6 heteroatoms. The van der Waals surface area contributed by atoms with Crippen molar-refractivity contribution in [2.45, 2.75) is 110 Å². The number of carbonyl (C=O) groups is 4.